The van der Waals surface area contributed by atoms with Crippen molar-refractivity contribution in [2.45, 2.75) is 36.8 Å². The first kappa shape index (κ1) is 23.3. The second kappa shape index (κ2) is 9.52. The van der Waals surface area contributed by atoms with Gasteiger partial charge >= 0.3 is 6.09 Å². The number of aromatic hydroxyl groups is 2. The predicted molar refractivity (Wildman–Crippen MR) is 116 cm³/mol. The third-order valence-electron chi connectivity index (χ3n) is 6.72. The van der Waals surface area contributed by atoms with Crippen LogP contribution in [0.15, 0.2) is 42.5 Å². The second-order valence-electron chi connectivity index (χ2n) is 8.98. The van der Waals surface area contributed by atoms with Crippen LogP contribution in [0.4, 0.5) is 13.6 Å². The van der Waals surface area contributed by atoms with Crippen molar-refractivity contribution in [3.05, 3.63) is 59.7 Å². The number of benzene rings is 2. The molecule has 0 radical (unpaired) electrons. The number of hydrogen-bond acceptors (Lipinski definition) is 5. The van der Waals surface area contributed by atoms with Crippen molar-refractivity contribution in [2.75, 3.05) is 32.8 Å². The van der Waals surface area contributed by atoms with Gasteiger partial charge in [-0.05, 0) is 86.3 Å². The van der Waals surface area contributed by atoms with Gasteiger partial charge in [0.05, 0.1) is 19.7 Å². The molecule has 3 heterocycles. The molecule has 0 aromatic heterocycles. The topological polar surface area (TPSA) is 93.5 Å². The average molecular weight is 462 g/mol. The molecule has 1 atom stereocenters. The first-order chi connectivity index (χ1) is 15.7. The summed E-state index contributed by atoms with van der Waals surface area (Å²) in [4.78, 5) is 14.7. The molecule has 0 bridgehead atoms. The van der Waals surface area contributed by atoms with E-state index in [2.05, 4.69) is 4.90 Å². The third-order valence-corrected chi connectivity index (χ3v) is 6.72. The highest BCUT2D eigenvalue weighted by Crippen LogP contribution is 2.40. The van der Waals surface area contributed by atoms with E-state index < -0.39 is 6.09 Å². The molecular weight excluding hydrogens is 434 g/mol. The number of likely N-dealkylation sites (tertiary alicyclic amines) is 2. The van der Waals surface area contributed by atoms with Gasteiger partial charge in [-0.15, -0.1) is 0 Å². The third kappa shape index (κ3) is 5.36. The molecule has 3 fully saturated rings. The first-order valence-electron chi connectivity index (χ1n) is 11.0. The molecule has 178 valence electrons. The molecule has 9 heteroatoms. The molecule has 1 spiro atoms. The van der Waals surface area contributed by atoms with Gasteiger partial charge in [0.25, 0.3) is 0 Å². The van der Waals surface area contributed by atoms with Gasteiger partial charge in [0.1, 0.15) is 28.7 Å². The van der Waals surface area contributed by atoms with Gasteiger partial charge in [-0.2, -0.15) is 0 Å². The summed E-state index contributed by atoms with van der Waals surface area (Å²) in [5.74, 6) is -0.204. The molecule has 3 saturated heterocycles. The van der Waals surface area contributed by atoms with Gasteiger partial charge < -0.3 is 25.0 Å². The molecule has 0 aliphatic carbocycles. The van der Waals surface area contributed by atoms with Crippen LogP contribution < -0.4 is 0 Å². The van der Waals surface area contributed by atoms with Gasteiger partial charge in [-0.25, -0.2) is 13.6 Å². The number of carboxylic acid groups (broad SMARTS) is 1. The van der Waals surface area contributed by atoms with Crippen LogP contribution in [0.25, 0.3) is 0 Å². The largest absolute Gasteiger partial charge is 0.508 e. The van der Waals surface area contributed by atoms with E-state index in [-0.39, 0.29) is 34.7 Å². The maximum absolute atomic E-state index is 13.5. The minimum atomic E-state index is -0.881. The zero-order valence-electron chi connectivity index (χ0n) is 18.2. The lowest BCUT2D eigenvalue weighted by molar-refractivity contribution is -0.0982. The van der Waals surface area contributed by atoms with E-state index in [9.17, 15) is 18.7 Å². The van der Waals surface area contributed by atoms with Crippen molar-refractivity contribution in [1.29, 1.82) is 0 Å². The summed E-state index contributed by atoms with van der Waals surface area (Å²) in [7, 11) is 0. The smallest absolute Gasteiger partial charge is 0.407 e. The molecule has 7 nitrogen and oxygen atoms in total. The minimum Gasteiger partial charge on any atom is -0.508 e. The highest BCUT2D eigenvalue weighted by Gasteiger charge is 2.52. The summed E-state index contributed by atoms with van der Waals surface area (Å²) >= 11 is 0. The van der Waals surface area contributed by atoms with E-state index >= 15 is 0 Å². The summed E-state index contributed by atoms with van der Waals surface area (Å²) in [6.07, 6.45) is 1.74. The Morgan fingerprint density at radius 2 is 1.64 bits per heavy atom. The maximum Gasteiger partial charge on any atom is 0.407 e. The fourth-order valence-electron chi connectivity index (χ4n) is 4.93. The van der Waals surface area contributed by atoms with Crippen LogP contribution >= 0.6 is 0 Å². The van der Waals surface area contributed by atoms with E-state index in [0.717, 1.165) is 32.4 Å². The normalized spacial score (nSPS) is 22.5. The number of rotatable bonds is 2. The number of carbonyl (C=O) groups is 1. The van der Waals surface area contributed by atoms with Gasteiger partial charge in [0, 0.05) is 6.04 Å². The molecule has 2 aromatic carbocycles. The van der Waals surface area contributed by atoms with Gasteiger partial charge in [-0.1, -0.05) is 0 Å². The van der Waals surface area contributed by atoms with Crippen molar-refractivity contribution in [1.82, 2.24) is 9.80 Å². The van der Waals surface area contributed by atoms with Crippen molar-refractivity contribution >= 4 is 6.09 Å². The second-order valence-corrected chi connectivity index (χ2v) is 8.98. The highest BCUT2D eigenvalue weighted by atomic mass is 19.1. The number of phenols is 2. The summed E-state index contributed by atoms with van der Waals surface area (Å²) in [5, 5.41) is 27.6. The van der Waals surface area contributed by atoms with Crippen molar-refractivity contribution in [3.63, 3.8) is 0 Å². The van der Waals surface area contributed by atoms with E-state index in [1.807, 2.05) is 0 Å². The number of phenolic OH excluding ortho intramolecular Hbond substituents is 2. The Bertz CT molecular complexity index is 952. The van der Waals surface area contributed by atoms with Gasteiger partial charge in [-0.3, -0.25) is 4.90 Å². The van der Waals surface area contributed by atoms with Crippen LogP contribution in [0, 0.1) is 11.6 Å². The number of piperidine rings is 1. The number of amides is 1. The lowest BCUT2D eigenvalue weighted by Gasteiger charge is -2.45. The molecule has 3 N–H and O–H groups in total. The van der Waals surface area contributed by atoms with E-state index in [1.165, 1.54) is 47.4 Å². The first-order valence-corrected chi connectivity index (χ1v) is 11.0. The van der Waals surface area contributed by atoms with Crippen LogP contribution in [0.2, 0.25) is 0 Å². The molecule has 3 aliphatic heterocycles. The van der Waals surface area contributed by atoms with Crippen LogP contribution in [0.1, 0.15) is 30.7 Å². The minimum absolute atomic E-state index is 0.0893. The molecule has 3 aliphatic rings. The number of nitrogens with zero attached hydrogens (tertiary/aromatic N) is 2. The Hall–Kier alpha value is -2.91. The maximum atomic E-state index is 13.5. The standard InChI is InChI=1S/C18H23FN2O4.C6H5FO/c19-13-1-2-16(22)15(7-13)12-3-5-20(6-4-12)14-8-18(25-9-14)10-21(11-18)17(23)24;7-5-1-3-6(8)4-2-5/h1-2,7,12,14,22H,3-6,8-11H2,(H,23,24);1-4,8H/t14-;/m0./s1. The molecule has 2 aromatic rings. The van der Waals surface area contributed by atoms with Gasteiger partial charge in [0.2, 0.25) is 0 Å². The fraction of sp³-hybridized carbons (Fsp3) is 0.458. The quantitative estimate of drug-likeness (QED) is 0.629. The highest BCUT2D eigenvalue weighted by molar-refractivity contribution is 5.66. The van der Waals surface area contributed by atoms with Crippen LogP contribution in [-0.4, -0.2) is 75.6 Å². The Morgan fingerprint density at radius 3 is 2.24 bits per heavy atom. The van der Waals surface area contributed by atoms with Crippen molar-refractivity contribution in [3.8, 4) is 11.5 Å². The molecule has 33 heavy (non-hydrogen) atoms. The van der Waals surface area contributed by atoms with Gasteiger partial charge in [0.15, 0.2) is 0 Å². The Morgan fingerprint density at radius 1 is 1.00 bits per heavy atom. The lowest BCUT2D eigenvalue weighted by Crippen LogP contribution is -2.63. The fourth-order valence-corrected chi connectivity index (χ4v) is 4.93. The number of halogens is 2. The van der Waals surface area contributed by atoms with E-state index in [0.29, 0.717) is 31.3 Å². The van der Waals surface area contributed by atoms with E-state index in [1.54, 1.807) is 0 Å². The number of hydrogen-bond donors (Lipinski definition) is 3. The zero-order valence-corrected chi connectivity index (χ0v) is 18.2. The molecular formula is C24H28F2N2O5. The van der Waals surface area contributed by atoms with E-state index in [4.69, 9.17) is 14.9 Å². The average Bonchev–Trinajstić information content (AvgIpc) is 3.23. The summed E-state index contributed by atoms with van der Waals surface area (Å²) in [6.45, 7) is 3.34. The Labute approximate surface area is 190 Å². The monoisotopic (exact) mass is 462 g/mol. The Balaban J connectivity index is 0.000000275. The zero-order chi connectivity index (χ0) is 23.6. The van der Waals surface area contributed by atoms with Crippen LogP contribution in [-0.2, 0) is 4.74 Å². The summed E-state index contributed by atoms with van der Waals surface area (Å²) < 4.78 is 31.4. The summed E-state index contributed by atoms with van der Waals surface area (Å²) in [5.41, 5.74) is 0.413. The molecule has 0 unspecified atom stereocenters. The molecule has 5 rings (SSSR count). The SMILES string of the molecule is O=C(O)N1CC2(C[C@H](N3CCC(c4cc(F)ccc4O)CC3)CO2)C1.Oc1ccc(F)cc1. The number of ether oxygens (including phenoxy) is 1. The molecule has 0 saturated carbocycles. The predicted octanol–water partition coefficient (Wildman–Crippen LogP) is 3.76. The van der Waals surface area contributed by atoms with Crippen LogP contribution in [0.3, 0.4) is 0 Å². The summed E-state index contributed by atoms with van der Waals surface area (Å²) in [6, 6.07) is 9.48. The molecule has 1 amide bonds. The van der Waals surface area contributed by atoms with Crippen molar-refractivity contribution in [2.24, 2.45) is 0 Å². The lowest BCUT2D eigenvalue weighted by atomic mass is 9.86. The van der Waals surface area contributed by atoms with Crippen molar-refractivity contribution < 1.29 is 33.6 Å². The van der Waals surface area contributed by atoms with Crippen LogP contribution in [0.5, 0.6) is 11.5 Å². The Kier molecular flexibility index (Phi) is 6.71.